The van der Waals surface area contributed by atoms with E-state index in [1.807, 2.05) is 26.0 Å². The van der Waals surface area contributed by atoms with Gasteiger partial charge in [0.25, 0.3) is 0 Å². The van der Waals surface area contributed by atoms with E-state index in [0.29, 0.717) is 29.2 Å². The first-order valence-electron chi connectivity index (χ1n) is 9.66. The predicted octanol–water partition coefficient (Wildman–Crippen LogP) is 4.31. The van der Waals surface area contributed by atoms with Gasteiger partial charge in [0.1, 0.15) is 6.61 Å². The zero-order valence-corrected chi connectivity index (χ0v) is 17.6. The Balaban J connectivity index is 2.03. The number of esters is 1. The second-order valence-electron chi connectivity index (χ2n) is 7.93. The van der Waals surface area contributed by atoms with Crippen LogP contribution in [0.3, 0.4) is 0 Å². The van der Waals surface area contributed by atoms with Crippen molar-refractivity contribution >= 4 is 11.9 Å². The molecule has 0 aliphatic carbocycles. The summed E-state index contributed by atoms with van der Waals surface area (Å²) in [6.07, 6.45) is 0.525. The standard InChI is InChI=1S/C23H26O7/c1-23(2,11-10-19(24)25)13-30-20-15(8-9-18(27-3)21(20)28-4)14-6-5-7-16-17(14)12-29-22(16)26/h5-9H,10-13H2,1-4H3,(H,24,25). The number of methoxy groups -OCH3 is 2. The lowest BCUT2D eigenvalue weighted by Gasteiger charge is -2.26. The van der Waals surface area contributed by atoms with Crippen molar-refractivity contribution in [2.24, 2.45) is 5.41 Å². The Labute approximate surface area is 175 Å². The first kappa shape index (κ1) is 21.5. The molecule has 7 heteroatoms. The molecule has 0 spiro atoms. The van der Waals surface area contributed by atoms with Crippen molar-refractivity contribution in [3.8, 4) is 28.4 Å². The molecule has 1 aliphatic heterocycles. The molecule has 160 valence electrons. The summed E-state index contributed by atoms with van der Waals surface area (Å²) < 4.78 is 22.4. The largest absolute Gasteiger partial charge is 0.493 e. The van der Waals surface area contributed by atoms with Crippen LogP contribution < -0.4 is 14.2 Å². The number of fused-ring (bicyclic) bond motifs is 1. The highest BCUT2D eigenvalue weighted by molar-refractivity contribution is 5.96. The van der Waals surface area contributed by atoms with Gasteiger partial charge in [-0.25, -0.2) is 4.79 Å². The monoisotopic (exact) mass is 414 g/mol. The minimum atomic E-state index is -0.841. The molecule has 2 aromatic rings. The van der Waals surface area contributed by atoms with Crippen molar-refractivity contribution in [2.45, 2.75) is 33.3 Å². The van der Waals surface area contributed by atoms with Crippen molar-refractivity contribution in [1.82, 2.24) is 0 Å². The van der Waals surface area contributed by atoms with Gasteiger partial charge in [-0.3, -0.25) is 4.79 Å². The number of rotatable bonds is 9. The fraction of sp³-hybridized carbons (Fsp3) is 0.391. The van der Waals surface area contributed by atoms with E-state index in [1.54, 1.807) is 25.3 Å². The molecule has 0 radical (unpaired) electrons. The fourth-order valence-corrected chi connectivity index (χ4v) is 3.44. The van der Waals surface area contributed by atoms with Crippen molar-refractivity contribution in [3.63, 3.8) is 0 Å². The van der Waals surface area contributed by atoms with Crippen LogP contribution in [-0.4, -0.2) is 37.9 Å². The highest BCUT2D eigenvalue weighted by Crippen LogP contribution is 2.47. The highest BCUT2D eigenvalue weighted by Gasteiger charge is 2.28. The van der Waals surface area contributed by atoms with Crippen LogP contribution in [0.1, 0.15) is 42.6 Å². The average molecular weight is 414 g/mol. The SMILES string of the molecule is COc1ccc(-c2cccc3c2COC3=O)c(OCC(C)(C)CCC(=O)O)c1OC. The lowest BCUT2D eigenvalue weighted by atomic mass is 9.89. The summed E-state index contributed by atoms with van der Waals surface area (Å²) >= 11 is 0. The normalized spacial score (nSPS) is 12.9. The molecule has 1 aliphatic rings. The zero-order chi connectivity index (χ0) is 21.9. The number of carbonyl (C=O) groups is 2. The predicted molar refractivity (Wildman–Crippen MR) is 110 cm³/mol. The molecule has 0 fully saturated rings. The van der Waals surface area contributed by atoms with Gasteiger partial charge in [0.2, 0.25) is 5.75 Å². The third-order valence-corrected chi connectivity index (χ3v) is 5.16. The third kappa shape index (κ3) is 4.35. The molecule has 2 aromatic carbocycles. The minimum Gasteiger partial charge on any atom is -0.493 e. The first-order chi connectivity index (χ1) is 14.3. The summed E-state index contributed by atoms with van der Waals surface area (Å²) in [7, 11) is 3.08. The Morgan fingerprint density at radius 3 is 2.47 bits per heavy atom. The van der Waals surface area contributed by atoms with Crippen LogP contribution in [0.15, 0.2) is 30.3 Å². The summed E-state index contributed by atoms with van der Waals surface area (Å²) in [5.41, 5.74) is 2.52. The number of carboxylic acids is 1. The molecule has 0 atom stereocenters. The van der Waals surface area contributed by atoms with Gasteiger partial charge in [0.15, 0.2) is 11.5 Å². The van der Waals surface area contributed by atoms with Gasteiger partial charge < -0.3 is 24.1 Å². The Kier molecular flexibility index (Phi) is 6.20. The Hall–Kier alpha value is -3.22. The van der Waals surface area contributed by atoms with Gasteiger partial charge >= 0.3 is 11.9 Å². The molecule has 0 unspecified atom stereocenters. The number of carbonyl (C=O) groups excluding carboxylic acids is 1. The minimum absolute atomic E-state index is 0.0596. The van der Waals surface area contributed by atoms with Crippen LogP contribution in [0.25, 0.3) is 11.1 Å². The van der Waals surface area contributed by atoms with Crippen molar-refractivity contribution in [3.05, 3.63) is 41.5 Å². The number of carboxylic acid groups (broad SMARTS) is 1. The first-order valence-corrected chi connectivity index (χ1v) is 9.66. The van der Waals surface area contributed by atoms with Crippen LogP contribution >= 0.6 is 0 Å². The third-order valence-electron chi connectivity index (χ3n) is 5.16. The average Bonchev–Trinajstić information content (AvgIpc) is 3.11. The maximum Gasteiger partial charge on any atom is 0.338 e. The Morgan fingerprint density at radius 2 is 1.80 bits per heavy atom. The van der Waals surface area contributed by atoms with Crippen LogP contribution in [0.5, 0.6) is 17.2 Å². The molecule has 1 N–H and O–H groups in total. The summed E-state index contributed by atoms with van der Waals surface area (Å²) in [6, 6.07) is 9.10. The van der Waals surface area contributed by atoms with Gasteiger partial charge in [0, 0.05) is 17.5 Å². The van der Waals surface area contributed by atoms with Gasteiger partial charge in [-0.05, 0) is 35.6 Å². The van der Waals surface area contributed by atoms with E-state index in [-0.39, 0.29) is 31.0 Å². The highest BCUT2D eigenvalue weighted by atomic mass is 16.5. The number of aliphatic carboxylic acids is 1. The summed E-state index contributed by atoms with van der Waals surface area (Å²) in [6.45, 7) is 4.38. The van der Waals surface area contributed by atoms with Crippen molar-refractivity contribution in [1.29, 1.82) is 0 Å². The number of hydrogen-bond donors (Lipinski definition) is 1. The van der Waals surface area contributed by atoms with Gasteiger partial charge in [-0.2, -0.15) is 0 Å². The van der Waals surface area contributed by atoms with Crippen LogP contribution in [-0.2, 0) is 16.1 Å². The molecule has 7 nitrogen and oxygen atoms in total. The second kappa shape index (κ2) is 8.65. The van der Waals surface area contributed by atoms with Gasteiger partial charge in [-0.15, -0.1) is 0 Å². The number of ether oxygens (including phenoxy) is 4. The Morgan fingerprint density at radius 1 is 1.07 bits per heavy atom. The summed E-state index contributed by atoms with van der Waals surface area (Å²) in [4.78, 5) is 23.0. The number of benzene rings is 2. The topological polar surface area (TPSA) is 91.3 Å². The molecular weight excluding hydrogens is 388 g/mol. The zero-order valence-electron chi connectivity index (χ0n) is 17.6. The number of hydrogen-bond acceptors (Lipinski definition) is 6. The van der Waals surface area contributed by atoms with E-state index in [0.717, 1.165) is 16.7 Å². The van der Waals surface area contributed by atoms with E-state index >= 15 is 0 Å². The van der Waals surface area contributed by atoms with E-state index in [4.69, 9.17) is 24.1 Å². The molecule has 3 rings (SSSR count). The molecule has 0 saturated heterocycles. The smallest absolute Gasteiger partial charge is 0.338 e. The van der Waals surface area contributed by atoms with E-state index in [1.165, 1.54) is 7.11 Å². The molecule has 1 heterocycles. The molecular formula is C23H26O7. The number of cyclic esters (lactones) is 1. The van der Waals surface area contributed by atoms with Crippen molar-refractivity contribution < 1.29 is 33.6 Å². The maximum atomic E-state index is 12.0. The van der Waals surface area contributed by atoms with E-state index < -0.39 is 5.97 Å². The molecule has 0 amide bonds. The van der Waals surface area contributed by atoms with Crippen LogP contribution in [0.4, 0.5) is 0 Å². The quantitative estimate of drug-likeness (QED) is 0.611. The molecule has 30 heavy (non-hydrogen) atoms. The summed E-state index contributed by atoms with van der Waals surface area (Å²) in [5, 5.41) is 9.00. The fourth-order valence-electron chi connectivity index (χ4n) is 3.44. The lowest BCUT2D eigenvalue weighted by Crippen LogP contribution is -2.23. The Bertz CT molecular complexity index is 962. The van der Waals surface area contributed by atoms with Crippen LogP contribution in [0.2, 0.25) is 0 Å². The molecule has 0 bridgehead atoms. The maximum absolute atomic E-state index is 12.0. The lowest BCUT2D eigenvalue weighted by molar-refractivity contribution is -0.137. The second-order valence-corrected chi connectivity index (χ2v) is 7.93. The van der Waals surface area contributed by atoms with E-state index in [2.05, 4.69) is 0 Å². The van der Waals surface area contributed by atoms with Gasteiger partial charge in [-0.1, -0.05) is 26.0 Å². The van der Waals surface area contributed by atoms with Crippen molar-refractivity contribution in [2.75, 3.05) is 20.8 Å². The van der Waals surface area contributed by atoms with Gasteiger partial charge in [0.05, 0.1) is 26.4 Å². The van der Waals surface area contributed by atoms with Crippen LogP contribution in [0, 0.1) is 5.41 Å². The van der Waals surface area contributed by atoms with E-state index in [9.17, 15) is 9.59 Å². The summed E-state index contributed by atoms with van der Waals surface area (Å²) in [5.74, 6) is 0.246. The molecule has 0 aromatic heterocycles. The molecule has 0 saturated carbocycles.